The van der Waals surface area contributed by atoms with Crippen LogP contribution in [0.2, 0.25) is 5.02 Å². The van der Waals surface area contributed by atoms with Crippen molar-refractivity contribution in [1.29, 1.82) is 0 Å². The van der Waals surface area contributed by atoms with E-state index in [0.717, 1.165) is 15.6 Å². The number of benzene rings is 2. The molecule has 4 heteroatoms. The van der Waals surface area contributed by atoms with E-state index >= 15 is 0 Å². The summed E-state index contributed by atoms with van der Waals surface area (Å²) in [5, 5.41) is 0.580. The van der Waals surface area contributed by atoms with Gasteiger partial charge in [-0.2, -0.15) is 0 Å². The molecule has 0 saturated heterocycles. The van der Waals surface area contributed by atoms with Crippen molar-refractivity contribution in [2.45, 2.75) is 13.5 Å². The van der Waals surface area contributed by atoms with Gasteiger partial charge in [-0.05, 0) is 42.3 Å². The molecule has 0 aliphatic heterocycles. The molecule has 0 atom stereocenters. The minimum atomic E-state index is -0.0204. The van der Waals surface area contributed by atoms with Crippen molar-refractivity contribution in [3.05, 3.63) is 68.7 Å². The standard InChI is InChI=1S/C16H15BrClNO/c1-11-3-8-14(18)9-15(11)16(20)19(2)10-12-4-6-13(17)7-5-12/h3-9H,10H2,1-2H3. The number of hydrogen-bond donors (Lipinski definition) is 0. The topological polar surface area (TPSA) is 20.3 Å². The highest BCUT2D eigenvalue weighted by Crippen LogP contribution is 2.18. The molecule has 0 radical (unpaired) electrons. The van der Waals surface area contributed by atoms with Crippen LogP contribution >= 0.6 is 27.5 Å². The minimum absolute atomic E-state index is 0.0204. The van der Waals surface area contributed by atoms with Gasteiger partial charge in [-0.15, -0.1) is 0 Å². The Morgan fingerprint density at radius 3 is 2.50 bits per heavy atom. The second-order valence-corrected chi connectivity index (χ2v) is 6.10. The van der Waals surface area contributed by atoms with Gasteiger partial charge in [0.2, 0.25) is 0 Å². The Hall–Kier alpha value is -1.32. The third-order valence-electron chi connectivity index (χ3n) is 3.11. The molecule has 0 heterocycles. The number of carbonyl (C=O) groups is 1. The van der Waals surface area contributed by atoms with E-state index in [9.17, 15) is 4.79 Å². The molecule has 2 aromatic carbocycles. The summed E-state index contributed by atoms with van der Waals surface area (Å²) in [6.07, 6.45) is 0. The summed E-state index contributed by atoms with van der Waals surface area (Å²) >= 11 is 9.37. The van der Waals surface area contributed by atoms with Crippen molar-refractivity contribution in [2.75, 3.05) is 7.05 Å². The molecule has 0 saturated carbocycles. The van der Waals surface area contributed by atoms with Crippen LogP contribution < -0.4 is 0 Å². The van der Waals surface area contributed by atoms with E-state index in [-0.39, 0.29) is 5.91 Å². The van der Waals surface area contributed by atoms with Gasteiger partial charge in [-0.1, -0.05) is 45.7 Å². The molecule has 0 aromatic heterocycles. The van der Waals surface area contributed by atoms with Gasteiger partial charge >= 0.3 is 0 Å². The molecule has 0 fully saturated rings. The maximum atomic E-state index is 12.4. The first-order chi connectivity index (χ1) is 9.47. The molecular weight excluding hydrogens is 338 g/mol. The van der Waals surface area contributed by atoms with Gasteiger partial charge in [0, 0.05) is 28.7 Å². The Morgan fingerprint density at radius 2 is 1.85 bits per heavy atom. The lowest BCUT2D eigenvalue weighted by Crippen LogP contribution is -2.26. The zero-order chi connectivity index (χ0) is 14.7. The fraction of sp³-hybridized carbons (Fsp3) is 0.188. The first kappa shape index (κ1) is 15.1. The quantitative estimate of drug-likeness (QED) is 0.785. The van der Waals surface area contributed by atoms with Crippen LogP contribution in [0.5, 0.6) is 0 Å². The van der Waals surface area contributed by atoms with Gasteiger partial charge in [0.1, 0.15) is 0 Å². The smallest absolute Gasteiger partial charge is 0.254 e. The lowest BCUT2D eigenvalue weighted by atomic mass is 10.1. The Morgan fingerprint density at radius 1 is 1.20 bits per heavy atom. The van der Waals surface area contributed by atoms with Crippen molar-refractivity contribution in [3.8, 4) is 0 Å². The molecule has 0 bridgehead atoms. The first-order valence-corrected chi connectivity index (χ1v) is 7.40. The number of amides is 1. The molecule has 2 rings (SSSR count). The zero-order valence-corrected chi connectivity index (χ0v) is 13.7. The molecule has 2 nitrogen and oxygen atoms in total. The van der Waals surface area contributed by atoms with Crippen LogP contribution in [-0.2, 0) is 6.54 Å². The molecule has 0 unspecified atom stereocenters. The normalized spacial score (nSPS) is 10.4. The van der Waals surface area contributed by atoms with E-state index in [1.165, 1.54) is 0 Å². The molecule has 0 aliphatic rings. The fourth-order valence-electron chi connectivity index (χ4n) is 1.97. The maximum Gasteiger partial charge on any atom is 0.254 e. The van der Waals surface area contributed by atoms with E-state index in [2.05, 4.69) is 15.9 Å². The van der Waals surface area contributed by atoms with E-state index in [1.807, 2.05) is 37.3 Å². The largest absolute Gasteiger partial charge is 0.337 e. The Labute approximate surface area is 132 Å². The number of halogens is 2. The van der Waals surface area contributed by atoms with Crippen molar-refractivity contribution in [1.82, 2.24) is 4.90 Å². The van der Waals surface area contributed by atoms with Crippen LogP contribution in [-0.4, -0.2) is 17.9 Å². The second kappa shape index (κ2) is 6.42. The number of carbonyl (C=O) groups excluding carboxylic acids is 1. The molecule has 0 N–H and O–H groups in total. The minimum Gasteiger partial charge on any atom is -0.337 e. The monoisotopic (exact) mass is 351 g/mol. The van der Waals surface area contributed by atoms with Crippen molar-refractivity contribution >= 4 is 33.4 Å². The zero-order valence-electron chi connectivity index (χ0n) is 11.4. The summed E-state index contributed by atoms with van der Waals surface area (Å²) in [5.41, 5.74) is 2.67. The highest BCUT2D eigenvalue weighted by atomic mass is 79.9. The van der Waals surface area contributed by atoms with E-state index in [4.69, 9.17) is 11.6 Å². The predicted octanol–water partition coefficient (Wildman–Crippen LogP) is 4.68. The molecule has 104 valence electrons. The van der Waals surface area contributed by atoms with E-state index < -0.39 is 0 Å². The van der Waals surface area contributed by atoms with Crippen LogP contribution in [0.15, 0.2) is 46.9 Å². The Balaban J connectivity index is 2.16. The lowest BCUT2D eigenvalue weighted by molar-refractivity contribution is 0.0784. The lowest BCUT2D eigenvalue weighted by Gasteiger charge is -2.18. The van der Waals surface area contributed by atoms with Crippen molar-refractivity contribution in [2.24, 2.45) is 0 Å². The molecule has 0 aliphatic carbocycles. The summed E-state index contributed by atoms with van der Waals surface area (Å²) in [4.78, 5) is 14.1. The molecular formula is C16H15BrClNO. The van der Waals surface area contributed by atoms with E-state index in [1.54, 1.807) is 24.1 Å². The van der Waals surface area contributed by atoms with Crippen LogP contribution in [0.4, 0.5) is 0 Å². The summed E-state index contributed by atoms with van der Waals surface area (Å²) in [7, 11) is 1.80. The van der Waals surface area contributed by atoms with Gasteiger partial charge in [-0.25, -0.2) is 0 Å². The summed E-state index contributed by atoms with van der Waals surface area (Å²) in [5.74, 6) is -0.0204. The average molecular weight is 353 g/mol. The van der Waals surface area contributed by atoms with Gasteiger partial charge in [-0.3, -0.25) is 4.79 Å². The summed E-state index contributed by atoms with van der Waals surface area (Å²) < 4.78 is 1.03. The highest BCUT2D eigenvalue weighted by molar-refractivity contribution is 9.10. The maximum absolute atomic E-state index is 12.4. The van der Waals surface area contributed by atoms with Crippen LogP contribution in [0.25, 0.3) is 0 Å². The number of nitrogens with zero attached hydrogens (tertiary/aromatic N) is 1. The number of hydrogen-bond acceptors (Lipinski definition) is 1. The fourth-order valence-corrected chi connectivity index (χ4v) is 2.40. The third-order valence-corrected chi connectivity index (χ3v) is 3.87. The van der Waals surface area contributed by atoms with Crippen LogP contribution in [0.1, 0.15) is 21.5 Å². The highest BCUT2D eigenvalue weighted by Gasteiger charge is 2.14. The average Bonchev–Trinajstić information content (AvgIpc) is 2.43. The molecule has 20 heavy (non-hydrogen) atoms. The summed E-state index contributed by atoms with van der Waals surface area (Å²) in [6.45, 7) is 2.48. The molecule has 0 spiro atoms. The Kier molecular flexibility index (Phi) is 4.84. The van der Waals surface area contributed by atoms with Gasteiger partial charge < -0.3 is 4.90 Å². The predicted molar refractivity (Wildman–Crippen MR) is 86.1 cm³/mol. The molecule has 1 amide bonds. The SMILES string of the molecule is Cc1ccc(Cl)cc1C(=O)N(C)Cc1ccc(Br)cc1. The first-order valence-electron chi connectivity index (χ1n) is 6.23. The number of rotatable bonds is 3. The second-order valence-electron chi connectivity index (χ2n) is 4.75. The Bertz CT molecular complexity index is 625. The van der Waals surface area contributed by atoms with Crippen LogP contribution in [0, 0.1) is 6.92 Å². The third kappa shape index (κ3) is 3.62. The van der Waals surface area contributed by atoms with Crippen LogP contribution in [0.3, 0.4) is 0 Å². The van der Waals surface area contributed by atoms with Crippen molar-refractivity contribution < 1.29 is 4.79 Å². The van der Waals surface area contributed by atoms with Crippen molar-refractivity contribution in [3.63, 3.8) is 0 Å². The summed E-state index contributed by atoms with van der Waals surface area (Å²) in [6, 6.07) is 13.3. The van der Waals surface area contributed by atoms with Gasteiger partial charge in [0.15, 0.2) is 0 Å². The van der Waals surface area contributed by atoms with E-state index in [0.29, 0.717) is 17.1 Å². The van der Waals surface area contributed by atoms with Gasteiger partial charge in [0.25, 0.3) is 5.91 Å². The van der Waals surface area contributed by atoms with Gasteiger partial charge in [0.05, 0.1) is 0 Å². The molecule has 2 aromatic rings. The number of aryl methyl sites for hydroxylation is 1.